The lowest BCUT2D eigenvalue weighted by Gasteiger charge is -2.32. The highest BCUT2D eigenvalue weighted by Gasteiger charge is 2.43. The molecule has 1 saturated carbocycles. The molecule has 0 amide bonds. The van der Waals surface area contributed by atoms with Gasteiger partial charge in [0.05, 0.1) is 0 Å². The van der Waals surface area contributed by atoms with Gasteiger partial charge in [0.2, 0.25) is 0 Å². The van der Waals surface area contributed by atoms with Crippen LogP contribution in [0.3, 0.4) is 0 Å². The second kappa shape index (κ2) is 5.41. The van der Waals surface area contributed by atoms with Gasteiger partial charge < -0.3 is 5.73 Å². The number of hydrogen-bond acceptors (Lipinski definition) is 2. The first-order valence-corrected chi connectivity index (χ1v) is 7.37. The Balaban J connectivity index is 1.51. The summed E-state index contributed by atoms with van der Waals surface area (Å²) in [4.78, 5) is 2.71. The SMILES string of the molecule is NCCC1CCN(C2CC2c2ccccc2)CC1. The Morgan fingerprint density at radius 3 is 2.50 bits per heavy atom. The molecule has 2 N–H and O–H groups in total. The first-order chi connectivity index (χ1) is 8.88. The fourth-order valence-electron chi connectivity index (χ4n) is 3.45. The molecule has 2 atom stereocenters. The van der Waals surface area contributed by atoms with Crippen molar-refractivity contribution in [1.82, 2.24) is 4.90 Å². The quantitative estimate of drug-likeness (QED) is 0.882. The Labute approximate surface area is 110 Å². The molecule has 1 aliphatic carbocycles. The van der Waals surface area contributed by atoms with Gasteiger partial charge in [-0.2, -0.15) is 0 Å². The first kappa shape index (κ1) is 12.2. The number of piperidine rings is 1. The maximum atomic E-state index is 5.65. The molecule has 2 heteroatoms. The molecule has 1 aliphatic heterocycles. The maximum Gasteiger partial charge on any atom is 0.0171 e. The van der Waals surface area contributed by atoms with Crippen molar-refractivity contribution in [2.45, 2.75) is 37.6 Å². The summed E-state index contributed by atoms with van der Waals surface area (Å²) in [6, 6.07) is 11.8. The third-order valence-corrected chi connectivity index (χ3v) is 4.68. The molecular formula is C16H24N2. The zero-order valence-electron chi connectivity index (χ0n) is 11.1. The summed E-state index contributed by atoms with van der Waals surface area (Å²) < 4.78 is 0. The third kappa shape index (κ3) is 2.60. The van der Waals surface area contributed by atoms with Crippen LogP contribution >= 0.6 is 0 Å². The molecule has 1 saturated heterocycles. The molecule has 2 nitrogen and oxygen atoms in total. The van der Waals surface area contributed by atoms with Crippen molar-refractivity contribution in [3.63, 3.8) is 0 Å². The van der Waals surface area contributed by atoms with Crippen molar-refractivity contribution >= 4 is 0 Å². The lowest BCUT2D eigenvalue weighted by molar-refractivity contribution is 0.170. The van der Waals surface area contributed by atoms with Crippen molar-refractivity contribution in [3.05, 3.63) is 35.9 Å². The molecule has 0 radical (unpaired) electrons. The Hall–Kier alpha value is -0.860. The molecule has 2 unspecified atom stereocenters. The molecule has 1 heterocycles. The van der Waals surface area contributed by atoms with E-state index >= 15 is 0 Å². The minimum atomic E-state index is 0.803. The normalized spacial score (nSPS) is 29.4. The van der Waals surface area contributed by atoms with E-state index in [-0.39, 0.29) is 0 Å². The van der Waals surface area contributed by atoms with Gasteiger partial charge >= 0.3 is 0 Å². The molecule has 98 valence electrons. The molecule has 2 aliphatic rings. The Morgan fingerprint density at radius 2 is 1.83 bits per heavy atom. The summed E-state index contributed by atoms with van der Waals surface area (Å²) in [5, 5.41) is 0. The van der Waals surface area contributed by atoms with Crippen LogP contribution in [0.4, 0.5) is 0 Å². The van der Waals surface area contributed by atoms with Gasteiger partial charge in [-0.1, -0.05) is 30.3 Å². The molecule has 0 aromatic heterocycles. The standard InChI is InChI=1S/C16H24N2/c17-9-6-13-7-10-18(11-8-13)16-12-15(16)14-4-2-1-3-5-14/h1-5,13,15-16H,6-12,17H2. The summed E-state index contributed by atoms with van der Waals surface area (Å²) in [5.74, 6) is 1.69. The van der Waals surface area contributed by atoms with Gasteiger partial charge in [-0.05, 0) is 56.8 Å². The highest BCUT2D eigenvalue weighted by atomic mass is 15.2. The van der Waals surface area contributed by atoms with E-state index in [9.17, 15) is 0 Å². The number of benzene rings is 1. The van der Waals surface area contributed by atoms with E-state index in [1.165, 1.54) is 44.3 Å². The Bertz CT molecular complexity index is 368. The number of nitrogens with zero attached hydrogens (tertiary/aromatic N) is 1. The number of rotatable bonds is 4. The van der Waals surface area contributed by atoms with Gasteiger partial charge in [-0.25, -0.2) is 0 Å². The Kier molecular flexibility index (Phi) is 3.67. The molecular weight excluding hydrogens is 220 g/mol. The van der Waals surface area contributed by atoms with Crippen LogP contribution in [0.25, 0.3) is 0 Å². The van der Waals surface area contributed by atoms with Crippen LogP contribution in [0, 0.1) is 5.92 Å². The highest BCUT2D eigenvalue weighted by molar-refractivity contribution is 5.27. The van der Waals surface area contributed by atoms with Crippen molar-refractivity contribution in [1.29, 1.82) is 0 Å². The summed E-state index contributed by atoms with van der Waals surface area (Å²) in [6.45, 7) is 3.44. The average Bonchev–Trinajstić information content (AvgIpc) is 3.21. The molecule has 2 fully saturated rings. The number of nitrogens with two attached hydrogens (primary N) is 1. The van der Waals surface area contributed by atoms with Gasteiger partial charge in [0.15, 0.2) is 0 Å². The molecule has 18 heavy (non-hydrogen) atoms. The second-order valence-corrected chi connectivity index (χ2v) is 5.88. The van der Waals surface area contributed by atoms with E-state index in [1.54, 1.807) is 0 Å². The Morgan fingerprint density at radius 1 is 1.11 bits per heavy atom. The van der Waals surface area contributed by atoms with Gasteiger partial charge in [-0.15, -0.1) is 0 Å². The molecule has 1 aromatic carbocycles. The number of likely N-dealkylation sites (tertiary alicyclic amines) is 1. The second-order valence-electron chi connectivity index (χ2n) is 5.88. The van der Waals surface area contributed by atoms with Crippen LogP contribution in [0.1, 0.15) is 37.2 Å². The minimum absolute atomic E-state index is 0.803. The van der Waals surface area contributed by atoms with Gasteiger partial charge in [-0.3, -0.25) is 4.90 Å². The fraction of sp³-hybridized carbons (Fsp3) is 0.625. The first-order valence-electron chi connectivity index (χ1n) is 7.37. The fourth-order valence-corrected chi connectivity index (χ4v) is 3.45. The molecule has 0 spiro atoms. The zero-order valence-corrected chi connectivity index (χ0v) is 11.1. The summed E-state index contributed by atoms with van der Waals surface area (Å²) in [6.07, 6.45) is 5.30. The van der Waals surface area contributed by atoms with Crippen molar-refractivity contribution in [2.24, 2.45) is 11.7 Å². The predicted molar refractivity (Wildman–Crippen MR) is 75.6 cm³/mol. The number of hydrogen-bond donors (Lipinski definition) is 1. The van der Waals surface area contributed by atoms with E-state index < -0.39 is 0 Å². The lowest BCUT2D eigenvalue weighted by Crippen LogP contribution is -2.36. The van der Waals surface area contributed by atoms with Crippen molar-refractivity contribution in [2.75, 3.05) is 19.6 Å². The van der Waals surface area contributed by atoms with Gasteiger partial charge in [0, 0.05) is 12.0 Å². The average molecular weight is 244 g/mol. The van der Waals surface area contributed by atoms with Crippen molar-refractivity contribution in [3.8, 4) is 0 Å². The topological polar surface area (TPSA) is 29.3 Å². The molecule has 3 rings (SSSR count). The maximum absolute atomic E-state index is 5.65. The molecule has 0 bridgehead atoms. The summed E-state index contributed by atoms with van der Waals surface area (Å²) >= 11 is 0. The smallest absolute Gasteiger partial charge is 0.0171 e. The van der Waals surface area contributed by atoms with E-state index in [2.05, 4.69) is 35.2 Å². The van der Waals surface area contributed by atoms with Gasteiger partial charge in [0.1, 0.15) is 0 Å². The van der Waals surface area contributed by atoms with Crippen LogP contribution in [-0.4, -0.2) is 30.6 Å². The monoisotopic (exact) mass is 244 g/mol. The van der Waals surface area contributed by atoms with E-state index in [0.717, 1.165) is 24.4 Å². The van der Waals surface area contributed by atoms with Crippen LogP contribution in [0.15, 0.2) is 30.3 Å². The van der Waals surface area contributed by atoms with Crippen LogP contribution < -0.4 is 5.73 Å². The van der Waals surface area contributed by atoms with Crippen LogP contribution in [-0.2, 0) is 0 Å². The van der Waals surface area contributed by atoms with E-state index in [0.29, 0.717) is 0 Å². The van der Waals surface area contributed by atoms with E-state index in [1.807, 2.05) is 0 Å². The summed E-state index contributed by atoms with van der Waals surface area (Å²) in [7, 11) is 0. The predicted octanol–water partition coefficient (Wildman–Crippen LogP) is 2.60. The minimum Gasteiger partial charge on any atom is -0.330 e. The lowest BCUT2D eigenvalue weighted by atomic mass is 9.93. The van der Waals surface area contributed by atoms with Crippen LogP contribution in [0.2, 0.25) is 0 Å². The van der Waals surface area contributed by atoms with Gasteiger partial charge in [0.25, 0.3) is 0 Å². The van der Waals surface area contributed by atoms with E-state index in [4.69, 9.17) is 5.73 Å². The third-order valence-electron chi connectivity index (χ3n) is 4.68. The molecule has 1 aromatic rings. The highest BCUT2D eigenvalue weighted by Crippen LogP contribution is 2.45. The van der Waals surface area contributed by atoms with Crippen LogP contribution in [0.5, 0.6) is 0 Å². The summed E-state index contributed by atoms with van der Waals surface area (Å²) in [5.41, 5.74) is 7.18. The largest absolute Gasteiger partial charge is 0.330 e. The van der Waals surface area contributed by atoms with Crippen molar-refractivity contribution < 1.29 is 0 Å². The zero-order chi connectivity index (χ0) is 12.4.